The summed E-state index contributed by atoms with van der Waals surface area (Å²) in [6.07, 6.45) is -3.55. The molecule has 2 heterocycles. The molecule has 0 atom stereocenters. The Bertz CT molecular complexity index is 813. The molecular formula is C14H11ClF3N3O4S. The van der Waals surface area contributed by atoms with Gasteiger partial charge in [0.2, 0.25) is 5.88 Å². The zero-order chi connectivity index (χ0) is 19.3. The van der Waals surface area contributed by atoms with Gasteiger partial charge in [0.15, 0.2) is 11.7 Å². The molecule has 26 heavy (non-hydrogen) atoms. The van der Waals surface area contributed by atoms with E-state index in [1.807, 2.05) is 0 Å². The number of methoxy groups -OCH3 is 1. The minimum atomic E-state index is -4.53. The normalized spacial score (nSPS) is 11.1. The molecule has 1 amide bonds. The summed E-state index contributed by atoms with van der Waals surface area (Å²) < 4.78 is 45.4. The van der Waals surface area contributed by atoms with Crippen LogP contribution >= 0.6 is 22.9 Å². The van der Waals surface area contributed by atoms with Crippen molar-refractivity contribution in [3.8, 4) is 5.88 Å². The van der Waals surface area contributed by atoms with Crippen LogP contribution in [0.4, 0.5) is 18.3 Å². The molecule has 0 saturated heterocycles. The Morgan fingerprint density at radius 2 is 2.12 bits per heavy atom. The molecule has 140 valence electrons. The topological polar surface area (TPSA) is 90.4 Å². The molecule has 2 rings (SSSR count). The zero-order valence-corrected chi connectivity index (χ0v) is 14.7. The predicted molar refractivity (Wildman–Crippen MR) is 86.6 cm³/mol. The molecule has 0 radical (unpaired) electrons. The van der Waals surface area contributed by atoms with Crippen molar-refractivity contribution in [2.75, 3.05) is 19.0 Å². The van der Waals surface area contributed by atoms with Gasteiger partial charge < -0.3 is 9.47 Å². The third-order valence-corrected chi connectivity index (χ3v) is 3.84. The van der Waals surface area contributed by atoms with Crippen LogP contribution in [0.1, 0.15) is 16.1 Å². The summed E-state index contributed by atoms with van der Waals surface area (Å²) in [6.45, 7) is -1.55. The van der Waals surface area contributed by atoms with Crippen molar-refractivity contribution in [2.45, 2.75) is 12.6 Å². The highest BCUT2D eigenvalue weighted by molar-refractivity contribution is 7.14. The van der Waals surface area contributed by atoms with Crippen molar-refractivity contribution < 1.29 is 32.2 Å². The van der Waals surface area contributed by atoms with E-state index in [1.54, 1.807) is 5.38 Å². The Hall–Kier alpha value is -2.40. The second-order valence-electron chi connectivity index (χ2n) is 4.77. The molecule has 0 spiro atoms. The standard InChI is InChI=1S/C14H11ClF3N3O4S/c1-24-10(22)3-8-5-26-13(20-8)21-11(23)7-2-9(15)12(19-4-7)25-6-14(16,17)18/h2,4-5H,3,6H2,1H3,(H,20,21,23). The summed E-state index contributed by atoms with van der Waals surface area (Å²) >= 11 is 6.87. The number of nitrogens with one attached hydrogen (secondary N) is 1. The number of carbonyl (C=O) groups excluding carboxylic acids is 2. The van der Waals surface area contributed by atoms with E-state index in [0.717, 1.165) is 23.6 Å². The number of pyridine rings is 1. The smallest absolute Gasteiger partial charge is 0.422 e. The maximum atomic E-state index is 12.1. The number of ether oxygens (including phenoxy) is 2. The Kier molecular flexibility index (Phi) is 6.37. The monoisotopic (exact) mass is 409 g/mol. The Morgan fingerprint density at radius 1 is 1.38 bits per heavy atom. The molecule has 0 fully saturated rings. The molecule has 0 aliphatic carbocycles. The number of esters is 1. The van der Waals surface area contributed by atoms with Gasteiger partial charge >= 0.3 is 12.1 Å². The first kappa shape index (κ1) is 19.9. The van der Waals surface area contributed by atoms with Crippen molar-refractivity contribution in [3.63, 3.8) is 0 Å². The zero-order valence-electron chi connectivity index (χ0n) is 13.1. The number of anilines is 1. The SMILES string of the molecule is COC(=O)Cc1csc(NC(=O)c2cnc(OCC(F)(F)F)c(Cl)c2)n1. The average molecular weight is 410 g/mol. The Morgan fingerprint density at radius 3 is 2.73 bits per heavy atom. The van der Waals surface area contributed by atoms with E-state index in [-0.39, 0.29) is 22.1 Å². The Balaban J connectivity index is 2.01. The van der Waals surface area contributed by atoms with E-state index in [4.69, 9.17) is 11.6 Å². The summed E-state index contributed by atoms with van der Waals surface area (Å²) in [5.74, 6) is -1.53. The molecule has 2 aromatic rings. The van der Waals surface area contributed by atoms with E-state index in [1.165, 1.54) is 7.11 Å². The summed E-state index contributed by atoms with van der Waals surface area (Å²) in [7, 11) is 1.25. The minimum absolute atomic E-state index is 0.000855. The van der Waals surface area contributed by atoms with Gasteiger partial charge in [0, 0.05) is 11.6 Å². The van der Waals surface area contributed by atoms with Gasteiger partial charge in [0.1, 0.15) is 5.02 Å². The van der Waals surface area contributed by atoms with Crippen LogP contribution in [-0.4, -0.2) is 41.7 Å². The fourth-order valence-corrected chi connectivity index (χ4v) is 2.57. The van der Waals surface area contributed by atoms with E-state index >= 15 is 0 Å². The van der Waals surface area contributed by atoms with Crippen molar-refractivity contribution in [1.82, 2.24) is 9.97 Å². The molecule has 12 heteroatoms. The summed E-state index contributed by atoms with van der Waals surface area (Å²) in [5.41, 5.74) is 0.420. The van der Waals surface area contributed by atoms with Gasteiger partial charge in [-0.15, -0.1) is 11.3 Å². The molecule has 0 bridgehead atoms. The molecule has 7 nitrogen and oxygen atoms in total. The maximum absolute atomic E-state index is 12.1. The third-order valence-electron chi connectivity index (χ3n) is 2.77. The second-order valence-corrected chi connectivity index (χ2v) is 6.03. The first-order valence-corrected chi connectivity index (χ1v) is 8.11. The molecule has 0 aromatic carbocycles. The number of aromatic nitrogens is 2. The van der Waals surface area contributed by atoms with Crippen molar-refractivity contribution in [2.24, 2.45) is 0 Å². The van der Waals surface area contributed by atoms with Crippen LogP contribution in [0.5, 0.6) is 5.88 Å². The number of carbonyl (C=O) groups is 2. The van der Waals surface area contributed by atoms with Gasteiger partial charge in [-0.3, -0.25) is 14.9 Å². The van der Waals surface area contributed by atoms with Gasteiger partial charge in [-0.25, -0.2) is 9.97 Å². The highest BCUT2D eigenvalue weighted by Crippen LogP contribution is 2.25. The fraction of sp³-hybridized carbons (Fsp3) is 0.286. The highest BCUT2D eigenvalue weighted by Gasteiger charge is 2.29. The lowest BCUT2D eigenvalue weighted by atomic mass is 10.2. The first-order chi connectivity index (χ1) is 12.2. The average Bonchev–Trinajstić information content (AvgIpc) is 2.99. The van der Waals surface area contributed by atoms with Gasteiger partial charge in [0.25, 0.3) is 5.91 Å². The van der Waals surface area contributed by atoms with E-state index < -0.39 is 30.5 Å². The van der Waals surface area contributed by atoms with E-state index in [9.17, 15) is 22.8 Å². The quantitative estimate of drug-likeness (QED) is 0.737. The lowest BCUT2D eigenvalue weighted by molar-refractivity contribution is -0.154. The summed E-state index contributed by atoms with van der Waals surface area (Å²) in [6, 6.07) is 1.12. The lowest BCUT2D eigenvalue weighted by Gasteiger charge is -2.10. The van der Waals surface area contributed by atoms with Gasteiger partial charge in [-0.1, -0.05) is 11.6 Å². The number of hydrogen-bond acceptors (Lipinski definition) is 7. The van der Waals surface area contributed by atoms with Crippen LogP contribution in [0.15, 0.2) is 17.6 Å². The van der Waals surface area contributed by atoms with Crippen LogP contribution in [0.25, 0.3) is 0 Å². The molecule has 0 aliphatic rings. The minimum Gasteiger partial charge on any atom is -0.469 e. The van der Waals surface area contributed by atoms with Crippen LogP contribution in [0, 0.1) is 0 Å². The lowest BCUT2D eigenvalue weighted by Crippen LogP contribution is -2.20. The predicted octanol–water partition coefficient (Wildman–Crippen LogP) is 3.10. The molecule has 0 aliphatic heterocycles. The van der Waals surface area contributed by atoms with Crippen LogP contribution in [0.3, 0.4) is 0 Å². The number of alkyl halides is 3. The number of halogens is 4. The number of nitrogens with zero attached hydrogens (tertiary/aromatic N) is 2. The van der Waals surface area contributed by atoms with Gasteiger partial charge in [0.05, 0.1) is 24.8 Å². The summed E-state index contributed by atoms with van der Waals surface area (Å²) in [4.78, 5) is 30.9. The third kappa shape index (κ3) is 5.85. The molecule has 2 aromatic heterocycles. The van der Waals surface area contributed by atoms with Crippen LogP contribution in [-0.2, 0) is 16.0 Å². The maximum Gasteiger partial charge on any atom is 0.422 e. The van der Waals surface area contributed by atoms with E-state index in [2.05, 4.69) is 24.8 Å². The van der Waals surface area contributed by atoms with Crippen molar-refractivity contribution in [3.05, 3.63) is 33.9 Å². The highest BCUT2D eigenvalue weighted by atomic mass is 35.5. The molecule has 1 N–H and O–H groups in total. The number of hydrogen-bond donors (Lipinski definition) is 1. The first-order valence-electron chi connectivity index (χ1n) is 6.85. The largest absolute Gasteiger partial charge is 0.469 e. The van der Waals surface area contributed by atoms with E-state index in [0.29, 0.717) is 5.69 Å². The number of amides is 1. The molecule has 0 saturated carbocycles. The Labute approximate surface area is 154 Å². The van der Waals surface area contributed by atoms with Gasteiger partial charge in [-0.05, 0) is 6.07 Å². The van der Waals surface area contributed by atoms with Crippen molar-refractivity contribution >= 4 is 39.9 Å². The molecule has 0 unspecified atom stereocenters. The number of thiazole rings is 1. The van der Waals surface area contributed by atoms with Crippen LogP contribution < -0.4 is 10.1 Å². The summed E-state index contributed by atoms with van der Waals surface area (Å²) in [5, 5.41) is 4.03. The fourth-order valence-electron chi connectivity index (χ4n) is 1.64. The molecular weight excluding hydrogens is 399 g/mol. The number of rotatable bonds is 6. The van der Waals surface area contributed by atoms with Crippen LogP contribution in [0.2, 0.25) is 5.02 Å². The van der Waals surface area contributed by atoms with Gasteiger partial charge in [-0.2, -0.15) is 13.2 Å². The second kappa shape index (κ2) is 8.32. The van der Waals surface area contributed by atoms with Crippen molar-refractivity contribution in [1.29, 1.82) is 0 Å².